The third-order valence-corrected chi connectivity index (χ3v) is 8.42. The zero-order chi connectivity index (χ0) is 30.6. The van der Waals surface area contributed by atoms with E-state index in [2.05, 4.69) is 10.2 Å². The molecule has 2 amide bonds. The molecule has 1 aliphatic rings. The second-order valence-electron chi connectivity index (χ2n) is 11.3. The number of piperazine rings is 1. The number of amides is 2. The molecule has 0 bridgehead atoms. The maximum atomic E-state index is 13.8. The molecule has 7 heteroatoms. The van der Waals surface area contributed by atoms with Crippen LogP contribution >= 0.6 is 0 Å². The van der Waals surface area contributed by atoms with Gasteiger partial charge in [-0.1, -0.05) is 97.1 Å². The van der Waals surface area contributed by atoms with Gasteiger partial charge in [-0.05, 0) is 24.3 Å². The van der Waals surface area contributed by atoms with Gasteiger partial charge in [0.05, 0.1) is 33.5 Å². The van der Waals surface area contributed by atoms with Gasteiger partial charge in [0.25, 0.3) is 11.8 Å². The monoisotopic (exact) mass is 591 g/mol. The predicted molar refractivity (Wildman–Crippen MR) is 179 cm³/mol. The number of nitrogens with one attached hydrogen (secondary N) is 1. The van der Waals surface area contributed by atoms with E-state index >= 15 is 0 Å². The number of carbonyl (C=O) groups is 2. The van der Waals surface area contributed by atoms with Crippen LogP contribution in [0.2, 0.25) is 0 Å². The van der Waals surface area contributed by atoms with E-state index in [9.17, 15) is 9.59 Å². The number of benzene rings is 4. The van der Waals surface area contributed by atoms with Gasteiger partial charge in [-0.25, -0.2) is 9.97 Å². The van der Waals surface area contributed by atoms with Crippen LogP contribution in [0.15, 0.2) is 121 Å². The molecular weight excluding hydrogens is 558 g/mol. The zero-order valence-corrected chi connectivity index (χ0v) is 24.9. The van der Waals surface area contributed by atoms with Crippen LogP contribution < -0.4 is 5.32 Å². The smallest absolute Gasteiger partial charge is 0.254 e. The summed E-state index contributed by atoms with van der Waals surface area (Å²) >= 11 is 0. The lowest BCUT2D eigenvalue weighted by atomic mass is 10.0. The van der Waals surface area contributed by atoms with Crippen LogP contribution in [0.4, 0.5) is 0 Å². The van der Waals surface area contributed by atoms with E-state index in [0.29, 0.717) is 37.3 Å². The van der Waals surface area contributed by atoms with Crippen LogP contribution in [-0.4, -0.2) is 70.9 Å². The standard InChI is InChI=1S/C38H33N5O2/c44-37(31-25-35(27-11-3-1-4-12-27)40-33-17-9-7-15-29(31)33)39-19-20-42-21-23-43(24-22-42)38(45)32-26-36(28-13-5-2-6-14-28)41-34-18-10-8-16-30(32)34/h1-18,25-26H,19-24H2,(H,39,44). The van der Waals surface area contributed by atoms with E-state index in [1.54, 1.807) is 0 Å². The maximum Gasteiger partial charge on any atom is 0.254 e. The van der Waals surface area contributed by atoms with Crippen LogP contribution in [0.5, 0.6) is 0 Å². The molecule has 6 aromatic rings. The number of fused-ring (bicyclic) bond motifs is 2. The van der Waals surface area contributed by atoms with Crippen LogP contribution in [0, 0.1) is 0 Å². The first kappa shape index (κ1) is 28.4. The molecule has 0 atom stereocenters. The van der Waals surface area contributed by atoms with E-state index in [4.69, 9.17) is 9.97 Å². The molecule has 7 nitrogen and oxygen atoms in total. The molecule has 2 aromatic heterocycles. The van der Waals surface area contributed by atoms with Gasteiger partial charge in [-0.15, -0.1) is 0 Å². The summed E-state index contributed by atoms with van der Waals surface area (Å²) in [5, 5.41) is 4.82. The Morgan fingerprint density at radius 2 is 1.09 bits per heavy atom. The summed E-state index contributed by atoms with van der Waals surface area (Å²) in [5.74, 6) is -0.0871. The fourth-order valence-electron chi connectivity index (χ4n) is 6.00. The minimum atomic E-state index is -0.113. The Hall–Kier alpha value is -5.40. The van der Waals surface area contributed by atoms with Crippen molar-refractivity contribution in [2.75, 3.05) is 39.3 Å². The van der Waals surface area contributed by atoms with Gasteiger partial charge >= 0.3 is 0 Å². The Labute approximate surface area is 262 Å². The summed E-state index contributed by atoms with van der Waals surface area (Å²) in [7, 11) is 0. The minimum absolute atomic E-state index is 0.0255. The number of pyridine rings is 2. The minimum Gasteiger partial charge on any atom is -0.351 e. The summed E-state index contributed by atoms with van der Waals surface area (Å²) in [5.41, 5.74) is 6.44. The molecule has 1 N–H and O–H groups in total. The van der Waals surface area contributed by atoms with Gasteiger partial charge in [-0.3, -0.25) is 14.5 Å². The maximum absolute atomic E-state index is 13.8. The van der Waals surface area contributed by atoms with E-state index in [1.807, 2.05) is 126 Å². The highest BCUT2D eigenvalue weighted by atomic mass is 16.2. The number of nitrogens with zero attached hydrogens (tertiary/aromatic N) is 4. The fourth-order valence-corrected chi connectivity index (χ4v) is 6.00. The average molecular weight is 592 g/mol. The molecule has 0 aliphatic carbocycles. The molecule has 7 rings (SSSR count). The highest BCUT2D eigenvalue weighted by Crippen LogP contribution is 2.27. The van der Waals surface area contributed by atoms with Crippen molar-refractivity contribution in [1.82, 2.24) is 25.1 Å². The lowest BCUT2D eigenvalue weighted by molar-refractivity contribution is 0.0640. The lowest BCUT2D eigenvalue weighted by Crippen LogP contribution is -2.50. The predicted octanol–water partition coefficient (Wildman–Crippen LogP) is 6.30. The molecule has 222 valence electrons. The number of carbonyl (C=O) groups excluding carboxylic acids is 2. The van der Waals surface area contributed by atoms with Gasteiger partial charge < -0.3 is 10.2 Å². The normalized spacial score (nSPS) is 13.6. The van der Waals surface area contributed by atoms with Crippen LogP contribution in [0.3, 0.4) is 0 Å². The molecule has 3 heterocycles. The largest absolute Gasteiger partial charge is 0.351 e. The van der Waals surface area contributed by atoms with Crippen molar-refractivity contribution < 1.29 is 9.59 Å². The first-order valence-electron chi connectivity index (χ1n) is 15.3. The molecule has 0 radical (unpaired) electrons. The Morgan fingerprint density at radius 3 is 1.67 bits per heavy atom. The van der Waals surface area contributed by atoms with E-state index in [1.165, 1.54) is 0 Å². The summed E-state index contributed by atoms with van der Waals surface area (Å²) in [6, 6.07) is 39.3. The van der Waals surface area contributed by atoms with Crippen molar-refractivity contribution >= 4 is 33.6 Å². The van der Waals surface area contributed by atoms with Crippen LogP contribution in [0.25, 0.3) is 44.3 Å². The Balaban J connectivity index is 1.000. The van der Waals surface area contributed by atoms with E-state index < -0.39 is 0 Å². The summed E-state index contributed by atoms with van der Waals surface area (Å²) in [6.07, 6.45) is 0. The highest BCUT2D eigenvalue weighted by Gasteiger charge is 2.24. The number of para-hydroxylation sites is 2. The molecule has 0 unspecified atom stereocenters. The molecule has 1 fully saturated rings. The van der Waals surface area contributed by atoms with Crippen molar-refractivity contribution in [3.8, 4) is 22.5 Å². The topological polar surface area (TPSA) is 78.4 Å². The Morgan fingerprint density at radius 1 is 0.600 bits per heavy atom. The number of hydrogen-bond donors (Lipinski definition) is 1. The van der Waals surface area contributed by atoms with Crippen molar-refractivity contribution in [2.45, 2.75) is 0 Å². The molecular formula is C38H33N5O2. The second-order valence-corrected chi connectivity index (χ2v) is 11.3. The molecule has 1 saturated heterocycles. The van der Waals surface area contributed by atoms with Crippen LogP contribution in [-0.2, 0) is 0 Å². The van der Waals surface area contributed by atoms with E-state index in [0.717, 1.165) is 57.4 Å². The van der Waals surface area contributed by atoms with E-state index in [-0.39, 0.29) is 11.8 Å². The van der Waals surface area contributed by atoms with Gasteiger partial charge in [0.2, 0.25) is 0 Å². The van der Waals surface area contributed by atoms with Crippen molar-refractivity contribution in [1.29, 1.82) is 0 Å². The Kier molecular flexibility index (Phi) is 8.00. The Bertz CT molecular complexity index is 1980. The van der Waals surface area contributed by atoms with Gasteiger partial charge in [0.1, 0.15) is 0 Å². The third kappa shape index (κ3) is 6.03. The average Bonchev–Trinajstić information content (AvgIpc) is 3.11. The van der Waals surface area contributed by atoms with Crippen molar-refractivity contribution in [3.05, 3.63) is 132 Å². The molecule has 45 heavy (non-hydrogen) atoms. The lowest BCUT2D eigenvalue weighted by Gasteiger charge is -2.35. The second kappa shape index (κ2) is 12.7. The highest BCUT2D eigenvalue weighted by molar-refractivity contribution is 6.08. The summed E-state index contributed by atoms with van der Waals surface area (Å²) in [6.45, 7) is 3.95. The SMILES string of the molecule is O=C(NCCN1CCN(C(=O)c2cc(-c3ccccc3)nc3ccccc23)CC1)c1cc(-c2ccccc2)nc2ccccc12. The summed E-state index contributed by atoms with van der Waals surface area (Å²) in [4.78, 5) is 41.1. The fraction of sp³-hybridized carbons (Fsp3) is 0.158. The van der Waals surface area contributed by atoms with Crippen molar-refractivity contribution in [2.24, 2.45) is 0 Å². The first-order chi connectivity index (χ1) is 22.1. The van der Waals surface area contributed by atoms with Crippen LogP contribution in [0.1, 0.15) is 20.7 Å². The number of rotatable bonds is 7. The summed E-state index contributed by atoms with van der Waals surface area (Å²) < 4.78 is 0. The molecule has 1 aliphatic heterocycles. The van der Waals surface area contributed by atoms with Gasteiger partial charge in [0.15, 0.2) is 0 Å². The molecule has 4 aromatic carbocycles. The quantitative estimate of drug-likeness (QED) is 0.236. The number of hydrogen-bond acceptors (Lipinski definition) is 5. The first-order valence-corrected chi connectivity index (χ1v) is 15.3. The third-order valence-electron chi connectivity index (χ3n) is 8.42. The molecule has 0 spiro atoms. The molecule has 0 saturated carbocycles. The van der Waals surface area contributed by atoms with Gasteiger partial charge in [0, 0.05) is 61.2 Å². The number of aromatic nitrogens is 2. The van der Waals surface area contributed by atoms with Crippen molar-refractivity contribution in [3.63, 3.8) is 0 Å². The van der Waals surface area contributed by atoms with Gasteiger partial charge in [-0.2, -0.15) is 0 Å². The zero-order valence-electron chi connectivity index (χ0n) is 24.9.